The van der Waals surface area contributed by atoms with E-state index in [1.807, 2.05) is 54.6 Å². The van der Waals surface area contributed by atoms with Crippen LogP contribution in [-0.2, 0) is 29.7 Å². The molecule has 0 radical (unpaired) electrons. The van der Waals surface area contributed by atoms with E-state index in [1.165, 1.54) is 6.92 Å². The van der Waals surface area contributed by atoms with Gasteiger partial charge in [-0.05, 0) is 55.3 Å². The zero-order valence-electron chi connectivity index (χ0n) is 21.0. The van der Waals surface area contributed by atoms with E-state index in [-0.39, 0.29) is 25.0 Å². The third kappa shape index (κ3) is 6.00. The molecular weight excluding hydrogens is 489 g/mol. The van der Waals surface area contributed by atoms with Gasteiger partial charge in [-0.1, -0.05) is 42.5 Å². The van der Waals surface area contributed by atoms with Gasteiger partial charge >= 0.3 is 7.60 Å². The number of carbonyl (C=O) groups excluding carboxylic acids is 2. The van der Waals surface area contributed by atoms with Crippen LogP contribution in [0.3, 0.4) is 0 Å². The van der Waals surface area contributed by atoms with E-state index >= 15 is 0 Å². The highest BCUT2D eigenvalue weighted by atomic mass is 31.2. The molecule has 0 atom stereocenters. The molecule has 0 saturated carbocycles. The smallest absolute Gasteiger partial charge is 0.354 e. The van der Waals surface area contributed by atoms with Crippen molar-refractivity contribution in [2.45, 2.75) is 27.3 Å². The summed E-state index contributed by atoms with van der Waals surface area (Å²) >= 11 is 0. The Hall–Kier alpha value is -3.71. The second-order valence-corrected chi connectivity index (χ2v) is 10.4. The topological polar surface area (TPSA) is 106 Å². The Morgan fingerprint density at radius 3 is 2.24 bits per heavy atom. The van der Waals surface area contributed by atoms with Gasteiger partial charge in [0.1, 0.15) is 0 Å². The van der Waals surface area contributed by atoms with Gasteiger partial charge in [0.25, 0.3) is 5.91 Å². The van der Waals surface area contributed by atoms with E-state index in [4.69, 9.17) is 9.05 Å². The summed E-state index contributed by atoms with van der Waals surface area (Å²) in [6.45, 7) is 5.88. The van der Waals surface area contributed by atoms with Gasteiger partial charge in [0.05, 0.1) is 29.8 Å². The minimum atomic E-state index is -3.55. The molecular formula is C28H30N3O5P. The zero-order valence-corrected chi connectivity index (χ0v) is 21.9. The number of amides is 2. The molecule has 1 aliphatic heterocycles. The fourth-order valence-corrected chi connectivity index (χ4v) is 5.66. The summed E-state index contributed by atoms with van der Waals surface area (Å²) in [5, 5.41) is 9.49. The lowest BCUT2D eigenvalue weighted by Crippen LogP contribution is -2.18. The van der Waals surface area contributed by atoms with Crippen molar-refractivity contribution in [2.24, 2.45) is 0 Å². The summed E-state index contributed by atoms with van der Waals surface area (Å²) < 4.78 is 24.5. The Morgan fingerprint density at radius 2 is 1.62 bits per heavy atom. The molecule has 0 bridgehead atoms. The summed E-state index contributed by atoms with van der Waals surface area (Å²) in [5.41, 5.74) is 4.78. The van der Waals surface area contributed by atoms with Crippen LogP contribution in [-0.4, -0.2) is 25.0 Å². The maximum absolute atomic E-state index is 13.5. The molecule has 0 unspecified atom stereocenters. The second-order valence-electron chi connectivity index (χ2n) is 8.36. The Labute approximate surface area is 216 Å². The minimum Gasteiger partial charge on any atom is -0.354 e. The average Bonchev–Trinajstić information content (AvgIpc) is 3.22. The molecule has 4 rings (SSSR count). The number of nitrogens with one attached hydrogen (secondary N) is 3. The Bertz CT molecular complexity index is 1360. The quantitative estimate of drug-likeness (QED) is 0.253. The predicted octanol–water partition coefficient (Wildman–Crippen LogP) is 5.15. The van der Waals surface area contributed by atoms with Crippen LogP contribution in [0, 0.1) is 0 Å². The van der Waals surface area contributed by atoms with E-state index in [0.29, 0.717) is 34.4 Å². The highest BCUT2D eigenvalue weighted by molar-refractivity contribution is 7.62. The van der Waals surface area contributed by atoms with Crippen LogP contribution in [0.15, 0.2) is 72.8 Å². The molecule has 3 aromatic carbocycles. The van der Waals surface area contributed by atoms with Gasteiger partial charge in [-0.25, -0.2) is 0 Å². The van der Waals surface area contributed by atoms with Gasteiger partial charge in [0.2, 0.25) is 5.91 Å². The Morgan fingerprint density at radius 1 is 0.946 bits per heavy atom. The number of hydrogen-bond donors (Lipinski definition) is 3. The second kappa shape index (κ2) is 11.6. The molecule has 8 nitrogen and oxygen atoms in total. The van der Waals surface area contributed by atoms with Gasteiger partial charge in [-0.2, -0.15) is 0 Å². The third-order valence-corrected chi connectivity index (χ3v) is 7.85. The standard InChI is InChI=1S/C28H30N3O5P/c1-4-35-37(34,36-5-2)23-15-16-25-24(17-23)26(28(33)31-25)27(21-9-7-6-8-10-21)30-22-13-11-20(12-14-22)18-29-19(3)32/h6-17,30H,4-5,18H2,1-3H3,(H,29,32)(H,31,33)/b27-26-. The Balaban J connectivity index is 1.79. The van der Waals surface area contributed by atoms with E-state index in [1.54, 1.807) is 32.0 Å². The lowest BCUT2D eigenvalue weighted by molar-refractivity contribution is -0.119. The van der Waals surface area contributed by atoms with E-state index in [9.17, 15) is 14.2 Å². The van der Waals surface area contributed by atoms with Crippen LogP contribution in [0.4, 0.5) is 11.4 Å². The number of benzene rings is 3. The van der Waals surface area contributed by atoms with E-state index < -0.39 is 7.60 Å². The highest BCUT2D eigenvalue weighted by Gasteiger charge is 2.33. The first kappa shape index (κ1) is 26.4. The monoisotopic (exact) mass is 519 g/mol. The number of carbonyl (C=O) groups is 2. The van der Waals surface area contributed by atoms with Crippen molar-refractivity contribution < 1.29 is 23.2 Å². The van der Waals surface area contributed by atoms with Crippen LogP contribution < -0.4 is 21.3 Å². The molecule has 0 spiro atoms. The molecule has 1 aliphatic rings. The first-order valence-electron chi connectivity index (χ1n) is 12.1. The number of anilines is 2. The molecule has 192 valence electrons. The van der Waals surface area contributed by atoms with Crippen LogP contribution in [0.2, 0.25) is 0 Å². The molecule has 0 saturated heterocycles. The number of fused-ring (bicyclic) bond motifs is 1. The van der Waals surface area contributed by atoms with Crippen LogP contribution in [0.5, 0.6) is 0 Å². The molecule has 3 N–H and O–H groups in total. The summed E-state index contributed by atoms with van der Waals surface area (Å²) in [5.74, 6) is -0.370. The molecule has 37 heavy (non-hydrogen) atoms. The highest BCUT2D eigenvalue weighted by Crippen LogP contribution is 2.48. The summed E-state index contributed by atoms with van der Waals surface area (Å²) in [7, 11) is -3.55. The van der Waals surface area contributed by atoms with Crippen LogP contribution >= 0.6 is 7.60 Å². The average molecular weight is 520 g/mol. The van der Waals surface area contributed by atoms with Crippen molar-refractivity contribution in [3.8, 4) is 0 Å². The molecule has 9 heteroatoms. The third-order valence-electron chi connectivity index (χ3n) is 5.74. The molecule has 0 fully saturated rings. The maximum atomic E-state index is 13.5. The van der Waals surface area contributed by atoms with Gasteiger partial charge in [0, 0.05) is 30.4 Å². The SMILES string of the molecule is CCOP(=O)(OCC)c1ccc2c(c1)/C(=C(/Nc1ccc(CNC(C)=O)cc1)c1ccccc1)C(=O)N2. The van der Waals surface area contributed by atoms with Crippen molar-refractivity contribution in [2.75, 3.05) is 23.8 Å². The fourth-order valence-electron chi connectivity index (χ4n) is 4.06. The van der Waals surface area contributed by atoms with Gasteiger partial charge in [0.15, 0.2) is 0 Å². The first-order valence-corrected chi connectivity index (χ1v) is 13.6. The van der Waals surface area contributed by atoms with Gasteiger partial charge < -0.3 is 25.0 Å². The van der Waals surface area contributed by atoms with Crippen molar-refractivity contribution in [1.29, 1.82) is 0 Å². The zero-order chi connectivity index (χ0) is 26.4. The summed E-state index contributed by atoms with van der Waals surface area (Å²) in [6, 6.07) is 22.2. The largest absolute Gasteiger partial charge is 0.361 e. The summed E-state index contributed by atoms with van der Waals surface area (Å²) in [6.07, 6.45) is 0. The van der Waals surface area contributed by atoms with Crippen LogP contribution in [0.1, 0.15) is 37.5 Å². The van der Waals surface area contributed by atoms with Crippen molar-refractivity contribution in [1.82, 2.24) is 5.32 Å². The molecule has 2 amide bonds. The molecule has 0 aliphatic carbocycles. The van der Waals surface area contributed by atoms with Crippen molar-refractivity contribution in [3.05, 3.63) is 89.5 Å². The summed E-state index contributed by atoms with van der Waals surface area (Å²) in [4.78, 5) is 24.5. The minimum absolute atomic E-state index is 0.0956. The normalized spacial score (nSPS) is 14.1. The van der Waals surface area contributed by atoms with Crippen molar-refractivity contribution >= 4 is 47.4 Å². The van der Waals surface area contributed by atoms with Gasteiger partial charge in [-0.15, -0.1) is 0 Å². The van der Waals surface area contributed by atoms with E-state index in [0.717, 1.165) is 16.8 Å². The number of hydrogen-bond acceptors (Lipinski definition) is 6. The number of rotatable bonds is 10. The lowest BCUT2D eigenvalue weighted by atomic mass is 10.00. The molecule has 3 aromatic rings. The maximum Gasteiger partial charge on any atom is 0.361 e. The molecule has 0 aromatic heterocycles. The van der Waals surface area contributed by atoms with E-state index in [2.05, 4.69) is 16.0 Å². The molecule has 1 heterocycles. The van der Waals surface area contributed by atoms with Crippen LogP contribution in [0.25, 0.3) is 11.3 Å². The lowest BCUT2D eigenvalue weighted by Gasteiger charge is -2.18. The predicted molar refractivity (Wildman–Crippen MR) is 146 cm³/mol. The fraction of sp³-hybridized carbons (Fsp3) is 0.214. The van der Waals surface area contributed by atoms with Crippen molar-refractivity contribution in [3.63, 3.8) is 0 Å². The first-order chi connectivity index (χ1) is 17.8. The van der Waals surface area contributed by atoms with Gasteiger partial charge in [-0.3, -0.25) is 14.2 Å². The Kier molecular flexibility index (Phi) is 8.24.